The Morgan fingerprint density at radius 1 is 1.50 bits per heavy atom. The number of ether oxygens (including phenoxy) is 1. The van der Waals surface area contributed by atoms with E-state index in [-0.39, 0.29) is 5.54 Å². The largest absolute Gasteiger partial charge is 0.383 e. The molecule has 1 aromatic rings. The molecule has 90 valence electrons. The van der Waals surface area contributed by atoms with Crippen LogP contribution in [0.15, 0.2) is 0 Å². The summed E-state index contributed by atoms with van der Waals surface area (Å²) in [6.45, 7) is 3.68. The number of aryl methyl sites for hydroxylation is 1. The molecule has 16 heavy (non-hydrogen) atoms. The van der Waals surface area contributed by atoms with Gasteiger partial charge < -0.3 is 4.74 Å². The zero-order valence-corrected chi connectivity index (χ0v) is 10.3. The van der Waals surface area contributed by atoms with Gasteiger partial charge in [0.25, 0.3) is 0 Å². The maximum Gasteiger partial charge on any atom is 0.150 e. The summed E-state index contributed by atoms with van der Waals surface area (Å²) < 4.78 is 5.27. The maximum absolute atomic E-state index is 5.27. The SMILES string of the molecule is CCc1n[nH]c(CN(C)C2(COC)CC2)n1. The zero-order valence-electron chi connectivity index (χ0n) is 10.3. The highest BCUT2D eigenvalue weighted by Gasteiger charge is 2.46. The van der Waals surface area contributed by atoms with E-state index in [1.165, 1.54) is 12.8 Å². The third-order valence-electron chi connectivity index (χ3n) is 3.33. The van der Waals surface area contributed by atoms with Gasteiger partial charge >= 0.3 is 0 Å². The molecule has 0 radical (unpaired) electrons. The minimum atomic E-state index is 0.244. The van der Waals surface area contributed by atoms with E-state index >= 15 is 0 Å². The molecule has 1 aromatic heterocycles. The van der Waals surface area contributed by atoms with E-state index < -0.39 is 0 Å². The monoisotopic (exact) mass is 224 g/mol. The van der Waals surface area contributed by atoms with Crippen molar-refractivity contribution < 1.29 is 4.74 Å². The molecule has 0 bridgehead atoms. The highest BCUT2D eigenvalue weighted by molar-refractivity contribution is 5.04. The Hall–Kier alpha value is -0.940. The molecule has 5 heteroatoms. The molecule has 0 spiro atoms. The summed E-state index contributed by atoms with van der Waals surface area (Å²) in [7, 11) is 3.89. The van der Waals surface area contributed by atoms with Gasteiger partial charge in [0.15, 0.2) is 0 Å². The van der Waals surface area contributed by atoms with E-state index in [2.05, 4.69) is 34.1 Å². The summed E-state index contributed by atoms with van der Waals surface area (Å²) >= 11 is 0. The molecular formula is C11H20N4O. The van der Waals surface area contributed by atoms with Crippen LogP contribution in [0.25, 0.3) is 0 Å². The molecule has 1 aliphatic carbocycles. The summed E-state index contributed by atoms with van der Waals surface area (Å²) in [5.74, 6) is 1.83. The Kier molecular flexibility index (Phi) is 3.25. The van der Waals surface area contributed by atoms with Crippen LogP contribution in [0.2, 0.25) is 0 Å². The summed E-state index contributed by atoms with van der Waals surface area (Å²) in [4.78, 5) is 6.74. The fourth-order valence-electron chi connectivity index (χ4n) is 2.01. The van der Waals surface area contributed by atoms with Gasteiger partial charge in [-0.15, -0.1) is 0 Å². The lowest BCUT2D eigenvalue weighted by atomic mass is 10.2. The lowest BCUT2D eigenvalue weighted by Gasteiger charge is -2.26. The van der Waals surface area contributed by atoms with Crippen LogP contribution in [0, 0.1) is 0 Å². The summed E-state index contributed by atoms with van der Waals surface area (Å²) in [5, 5.41) is 7.13. The molecule has 0 amide bonds. The lowest BCUT2D eigenvalue weighted by Crippen LogP contribution is -2.37. The van der Waals surface area contributed by atoms with Crippen molar-refractivity contribution >= 4 is 0 Å². The normalized spacial score (nSPS) is 18.0. The van der Waals surface area contributed by atoms with E-state index in [1.54, 1.807) is 7.11 Å². The maximum atomic E-state index is 5.27. The van der Waals surface area contributed by atoms with Crippen molar-refractivity contribution in [2.24, 2.45) is 0 Å². The second-order valence-corrected chi connectivity index (χ2v) is 4.57. The number of nitrogens with zero attached hydrogens (tertiary/aromatic N) is 3. The van der Waals surface area contributed by atoms with Gasteiger partial charge in [-0.3, -0.25) is 10.00 Å². The first-order chi connectivity index (χ1) is 7.70. The molecular weight excluding hydrogens is 204 g/mol. The third-order valence-corrected chi connectivity index (χ3v) is 3.33. The average molecular weight is 224 g/mol. The van der Waals surface area contributed by atoms with E-state index in [1.807, 2.05) is 0 Å². The van der Waals surface area contributed by atoms with Gasteiger partial charge in [-0.2, -0.15) is 5.10 Å². The van der Waals surface area contributed by atoms with Gasteiger partial charge in [-0.05, 0) is 19.9 Å². The Labute approximate surface area is 96.2 Å². The molecule has 0 saturated heterocycles. The van der Waals surface area contributed by atoms with Crippen LogP contribution in [-0.4, -0.2) is 46.4 Å². The number of H-pyrrole nitrogens is 1. The number of methoxy groups -OCH3 is 1. The van der Waals surface area contributed by atoms with E-state index in [0.717, 1.165) is 31.2 Å². The van der Waals surface area contributed by atoms with Crippen LogP contribution >= 0.6 is 0 Å². The molecule has 1 aliphatic rings. The quantitative estimate of drug-likeness (QED) is 0.782. The fourth-order valence-corrected chi connectivity index (χ4v) is 2.01. The second kappa shape index (κ2) is 4.51. The minimum absolute atomic E-state index is 0.244. The van der Waals surface area contributed by atoms with Gasteiger partial charge in [0, 0.05) is 19.1 Å². The Morgan fingerprint density at radius 3 is 2.75 bits per heavy atom. The molecule has 0 aromatic carbocycles. The van der Waals surface area contributed by atoms with E-state index in [4.69, 9.17) is 4.74 Å². The standard InChI is InChI=1S/C11H20N4O/c1-4-9-12-10(14-13-9)7-15(2)11(5-6-11)8-16-3/h4-8H2,1-3H3,(H,12,13,14). The highest BCUT2D eigenvalue weighted by Crippen LogP contribution is 2.41. The Balaban J connectivity index is 1.94. The highest BCUT2D eigenvalue weighted by atomic mass is 16.5. The van der Waals surface area contributed by atoms with Crippen molar-refractivity contribution in [3.8, 4) is 0 Å². The van der Waals surface area contributed by atoms with E-state index in [0.29, 0.717) is 0 Å². The van der Waals surface area contributed by atoms with Crippen molar-refractivity contribution in [2.75, 3.05) is 20.8 Å². The number of aromatic nitrogens is 3. The molecule has 5 nitrogen and oxygen atoms in total. The van der Waals surface area contributed by atoms with Crippen molar-refractivity contribution in [1.82, 2.24) is 20.1 Å². The zero-order chi connectivity index (χ0) is 11.6. The van der Waals surface area contributed by atoms with Gasteiger partial charge in [0.2, 0.25) is 0 Å². The van der Waals surface area contributed by atoms with Crippen LogP contribution in [0.5, 0.6) is 0 Å². The molecule has 1 heterocycles. The van der Waals surface area contributed by atoms with Gasteiger partial charge in [-0.1, -0.05) is 6.92 Å². The predicted molar refractivity (Wildman–Crippen MR) is 61.1 cm³/mol. The van der Waals surface area contributed by atoms with Crippen molar-refractivity contribution in [3.63, 3.8) is 0 Å². The van der Waals surface area contributed by atoms with Gasteiger partial charge in [0.1, 0.15) is 11.6 Å². The first-order valence-electron chi connectivity index (χ1n) is 5.80. The van der Waals surface area contributed by atoms with Crippen LogP contribution in [0.4, 0.5) is 0 Å². The topological polar surface area (TPSA) is 54.0 Å². The molecule has 1 fully saturated rings. The number of hydrogen-bond acceptors (Lipinski definition) is 4. The molecule has 0 unspecified atom stereocenters. The molecule has 0 aliphatic heterocycles. The number of aromatic amines is 1. The van der Waals surface area contributed by atoms with Crippen LogP contribution in [0.1, 0.15) is 31.4 Å². The number of likely N-dealkylation sites (N-methyl/N-ethyl adjacent to an activating group) is 1. The van der Waals surface area contributed by atoms with Crippen molar-refractivity contribution in [2.45, 2.75) is 38.3 Å². The second-order valence-electron chi connectivity index (χ2n) is 4.57. The van der Waals surface area contributed by atoms with Gasteiger partial charge in [-0.25, -0.2) is 4.98 Å². The molecule has 2 rings (SSSR count). The van der Waals surface area contributed by atoms with Crippen molar-refractivity contribution in [1.29, 1.82) is 0 Å². The summed E-state index contributed by atoms with van der Waals surface area (Å²) in [6.07, 6.45) is 3.31. The number of nitrogens with one attached hydrogen (secondary N) is 1. The lowest BCUT2D eigenvalue weighted by molar-refractivity contribution is 0.0857. The third kappa shape index (κ3) is 2.25. The van der Waals surface area contributed by atoms with Crippen molar-refractivity contribution in [3.05, 3.63) is 11.6 Å². The van der Waals surface area contributed by atoms with Crippen LogP contribution in [0.3, 0.4) is 0 Å². The number of hydrogen-bond donors (Lipinski definition) is 1. The van der Waals surface area contributed by atoms with Crippen LogP contribution < -0.4 is 0 Å². The van der Waals surface area contributed by atoms with Crippen LogP contribution in [-0.2, 0) is 17.7 Å². The minimum Gasteiger partial charge on any atom is -0.383 e. The average Bonchev–Trinajstić information content (AvgIpc) is 2.92. The Morgan fingerprint density at radius 2 is 2.25 bits per heavy atom. The molecule has 0 atom stereocenters. The predicted octanol–water partition coefficient (Wildman–Crippen LogP) is 0.978. The molecule has 1 N–H and O–H groups in total. The molecule has 1 saturated carbocycles. The first kappa shape index (κ1) is 11.5. The Bertz CT molecular complexity index is 346. The first-order valence-corrected chi connectivity index (χ1v) is 5.80. The summed E-state index contributed by atoms with van der Waals surface area (Å²) in [6, 6.07) is 0. The van der Waals surface area contributed by atoms with E-state index in [9.17, 15) is 0 Å². The smallest absolute Gasteiger partial charge is 0.150 e. The summed E-state index contributed by atoms with van der Waals surface area (Å²) in [5.41, 5.74) is 0.244. The number of rotatable bonds is 6. The van der Waals surface area contributed by atoms with Gasteiger partial charge in [0.05, 0.1) is 13.2 Å². The fraction of sp³-hybridized carbons (Fsp3) is 0.818.